The Bertz CT molecular complexity index is 158. The van der Waals surface area contributed by atoms with Crippen LogP contribution in [0.1, 0.15) is 19.3 Å². The van der Waals surface area contributed by atoms with Gasteiger partial charge in [0.15, 0.2) is 0 Å². The number of hydrogen-bond acceptors (Lipinski definition) is 3. The fourth-order valence-corrected chi connectivity index (χ4v) is 1.84. The molecule has 0 aromatic rings. The molecular formula is C9H18N2OS. The molecule has 0 spiro atoms. The van der Waals surface area contributed by atoms with Crippen molar-refractivity contribution >= 4 is 17.7 Å². The standard InChI is InChI=1S/C9H18N2OS/c1-13-6-4-9(12)11-7-8-3-2-5-10-8/h8,10H,2-7H2,1H3,(H,11,12). The van der Waals surface area contributed by atoms with E-state index in [9.17, 15) is 4.79 Å². The van der Waals surface area contributed by atoms with E-state index < -0.39 is 0 Å². The lowest BCUT2D eigenvalue weighted by molar-refractivity contribution is -0.120. The van der Waals surface area contributed by atoms with Gasteiger partial charge in [0.05, 0.1) is 0 Å². The molecule has 1 unspecified atom stereocenters. The summed E-state index contributed by atoms with van der Waals surface area (Å²) in [7, 11) is 0. The van der Waals surface area contributed by atoms with Gasteiger partial charge in [-0.3, -0.25) is 4.79 Å². The Morgan fingerprint density at radius 3 is 3.15 bits per heavy atom. The van der Waals surface area contributed by atoms with Gasteiger partial charge in [0.1, 0.15) is 0 Å². The first-order chi connectivity index (χ1) is 6.33. The molecule has 0 aromatic carbocycles. The van der Waals surface area contributed by atoms with Gasteiger partial charge in [0.2, 0.25) is 5.91 Å². The van der Waals surface area contributed by atoms with Gasteiger partial charge in [-0.15, -0.1) is 0 Å². The zero-order valence-electron chi connectivity index (χ0n) is 8.14. The number of hydrogen-bond donors (Lipinski definition) is 2. The van der Waals surface area contributed by atoms with Crippen LogP contribution in [0.15, 0.2) is 0 Å². The smallest absolute Gasteiger partial charge is 0.220 e. The molecule has 0 aromatic heterocycles. The Balaban J connectivity index is 2.00. The fourth-order valence-electron chi connectivity index (χ4n) is 1.45. The third-order valence-corrected chi connectivity index (χ3v) is 2.85. The molecule has 3 nitrogen and oxygen atoms in total. The van der Waals surface area contributed by atoms with Gasteiger partial charge in [-0.05, 0) is 25.6 Å². The number of carbonyl (C=O) groups excluding carboxylic acids is 1. The molecule has 0 saturated carbocycles. The van der Waals surface area contributed by atoms with Gasteiger partial charge in [0, 0.05) is 24.8 Å². The van der Waals surface area contributed by atoms with E-state index in [-0.39, 0.29) is 5.91 Å². The lowest BCUT2D eigenvalue weighted by atomic mass is 10.2. The summed E-state index contributed by atoms with van der Waals surface area (Å²) in [6.07, 6.45) is 5.11. The summed E-state index contributed by atoms with van der Waals surface area (Å²) in [5.41, 5.74) is 0. The normalized spacial score (nSPS) is 21.8. The maximum Gasteiger partial charge on any atom is 0.220 e. The van der Waals surface area contributed by atoms with Gasteiger partial charge in [-0.1, -0.05) is 0 Å². The lowest BCUT2D eigenvalue weighted by Gasteiger charge is -2.10. The van der Waals surface area contributed by atoms with Crippen LogP contribution in [0.25, 0.3) is 0 Å². The van der Waals surface area contributed by atoms with Crippen molar-refractivity contribution in [1.29, 1.82) is 0 Å². The first-order valence-corrected chi connectivity index (χ1v) is 6.21. The van der Waals surface area contributed by atoms with E-state index in [0.29, 0.717) is 12.5 Å². The quantitative estimate of drug-likeness (QED) is 0.686. The van der Waals surface area contributed by atoms with Crippen molar-refractivity contribution in [1.82, 2.24) is 10.6 Å². The van der Waals surface area contributed by atoms with E-state index in [1.807, 2.05) is 6.26 Å². The van der Waals surface area contributed by atoms with Crippen molar-refractivity contribution in [3.63, 3.8) is 0 Å². The van der Waals surface area contributed by atoms with Crippen LogP contribution in [0.5, 0.6) is 0 Å². The molecule has 1 amide bonds. The number of thioether (sulfide) groups is 1. The van der Waals surface area contributed by atoms with Gasteiger partial charge in [0.25, 0.3) is 0 Å². The third kappa shape index (κ3) is 4.52. The highest BCUT2D eigenvalue weighted by Gasteiger charge is 2.14. The molecule has 1 aliphatic rings. The Morgan fingerprint density at radius 2 is 2.54 bits per heavy atom. The molecule has 1 atom stereocenters. The second-order valence-electron chi connectivity index (χ2n) is 3.34. The summed E-state index contributed by atoms with van der Waals surface area (Å²) >= 11 is 1.71. The molecule has 2 N–H and O–H groups in total. The second-order valence-corrected chi connectivity index (χ2v) is 4.33. The molecule has 0 radical (unpaired) electrons. The molecule has 1 saturated heterocycles. The van der Waals surface area contributed by atoms with Gasteiger partial charge < -0.3 is 10.6 Å². The average Bonchev–Trinajstić information content (AvgIpc) is 2.64. The maximum atomic E-state index is 11.2. The van der Waals surface area contributed by atoms with E-state index >= 15 is 0 Å². The monoisotopic (exact) mass is 202 g/mol. The van der Waals surface area contributed by atoms with Crippen LogP contribution in [-0.4, -0.2) is 37.0 Å². The van der Waals surface area contributed by atoms with Crippen molar-refractivity contribution in [2.75, 3.05) is 25.1 Å². The highest BCUT2D eigenvalue weighted by Crippen LogP contribution is 2.03. The molecule has 1 fully saturated rings. The summed E-state index contributed by atoms with van der Waals surface area (Å²) in [4.78, 5) is 11.2. The second kappa shape index (κ2) is 6.27. The molecule has 1 heterocycles. The van der Waals surface area contributed by atoms with Crippen LogP contribution in [0, 0.1) is 0 Å². The van der Waals surface area contributed by atoms with Gasteiger partial charge >= 0.3 is 0 Å². The fraction of sp³-hybridized carbons (Fsp3) is 0.889. The van der Waals surface area contributed by atoms with E-state index in [1.165, 1.54) is 12.8 Å². The van der Waals surface area contributed by atoms with Crippen LogP contribution in [0.4, 0.5) is 0 Å². The first kappa shape index (κ1) is 10.9. The molecule has 0 bridgehead atoms. The highest BCUT2D eigenvalue weighted by molar-refractivity contribution is 7.98. The molecular weight excluding hydrogens is 184 g/mol. The van der Waals surface area contributed by atoms with Gasteiger partial charge in [-0.25, -0.2) is 0 Å². The average molecular weight is 202 g/mol. The van der Waals surface area contributed by atoms with E-state index in [1.54, 1.807) is 11.8 Å². The third-order valence-electron chi connectivity index (χ3n) is 2.24. The summed E-state index contributed by atoms with van der Waals surface area (Å²) in [5.74, 6) is 1.10. The van der Waals surface area contributed by atoms with Crippen molar-refractivity contribution in [2.45, 2.75) is 25.3 Å². The Morgan fingerprint density at radius 1 is 1.69 bits per heavy atom. The molecule has 1 rings (SSSR count). The SMILES string of the molecule is CSCCC(=O)NCC1CCCN1. The Labute approximate surface area is 84.0 Å². The summed E-state index contributed by atoms with van der Waals surface area (Å²) < 4.78 is 0. The minimum atomic E-state index is 0.183. The van der Waals surface area contributed by atoms with Crippen LogP contribution < -0.4 is 10.6 Å². The molecule has 76 valence electrons. The minimum absolute atomic E-state index is 0.183. The number of carbonyl (C=O) groups is 1. The van der Waals surface area contributed by atoms with E-state index in [0.717, 1.165) is 18.8 Å². The zero-order chi connectivity index (χ0) is 9.52. The highest BCUT2D eigenvalue weighted by atomic mass is 32.2. The Kier molecular flexibility index (Phi) is 5.23. The number of nitrogens with one attached hydrogen (secondary N) is 2. The molecule has 4 heteroatoms. The minimum Gasteiger partial charge on any atom is -0.355 e. The van der Waals surface area contributed by atoms with E-state index in [2.05, 4.69) is 10.6 Å². The summed E-state index contributed by atoms with van der Waals surface area (Å²) in [5, 5.41) is 6.29. The topological polar surface area (TPSA) is 41.1 Å². The van der Waals surface area contributed by atoms with Gasteiger partial charge in [-0.2, -0.15) is 11.8 Å². The molecule has 0 aliphatic carbocycles. The first-order valence-electron chi connectivity index (χ1n) is 4.82. The zero-order valence-corrected chi connectivity index (χ0v) is 8.95. The lowest BCUT2D eigenvalue weighted by Crippen LogP contribution is -2.37. The van der Waals surface area contributed by atoms with Crippen molar-refractivity contribution in [3.8, 4) is 0 Å². The van der Waals surface area contributed by atoms with Crippen molar-refractivity contribution < 1.29 is 4.79 Å². The molecule has 13 heavy (non-hydrogen) atoms. The largest absolute Gasteiger partial charge is 0.355 e. The van der Waals surface area contributed by atoms with E-state index in [4.69, 9.17) is 0 Å². The maximum absolute atomic E-state index is 11.2. The van der Waals surface area contributed by atoms with Crippen LogP contribution in [0.2, 0.25) is 0 Å². The van der Waals surface area contributed by atoms with Crippen molar-refractivity contribution in [2.24, 2.45) is 0 Å². The summed E-state index contributed by atoms with van der Waals surface area (Å²) in [6.45, 7) is 1.90. The van der Waals surface area contributed by atoms with Crippen LogP contribution in [0.3, 0.4) is 0 Å². The predicted molar refractivity (Wildman–Crippen MR) is 57.0 cm³/mol. The molecule has 1 aliphatic heterocycles. The number of amides is 1. The van der Waals surface area contributed by atoms with Crippen LogP contribution >= 0.6 is 11.8 Å². The van der Waals surface area contributed by atoms with Crippen molar-refractivity contribution in [3.05, 3.63) is 0 Å². The predicted octanol–water partition coefficient (Wildman–Crippen LogP) is 0.608. The summed E-state index contributed by atoms with van der Waals surface area (Å²) in [6, 6.07) is 0.512. The number of rotatable bonds is 5. The van der Waals surface area contributed by atoms with Crippen LogP contribution in [-0.2, 0) is 4.79 Å². The Hall–Kier alpha value is -0.220.